The minimum atomic E-state index is -0.440. The van der Waals surface area contributed by atoms with Crippen molar-refractivity contribution in [2.24, 2.45) is 10.9 Å². The number of guanidine groups is 1. The predicted octanol–water partition coefficient (Wildman–Crippen LogP) is 2.05. The molecule has 1 heterocycles. The molecule has 0 saturated carbocycles. The van der Waals surface area contributed by atoms with Crippen LogP contribution in [0.1, 0.15) is 13.8 Å². The third-order valence-corrected chi connectivity index (χ3v) is 4.27. The van der Waals surface area contributed by atoms with E-state index in [0.29, 0.717) is 45.0 Å². The Labute approximate surface area is 176 Å². The number of hydrogen-bond donors (Lipinski definition) is 2. The van der Waals surface area contributed by atoms with Gasteiger partial charge >= 0.3 is 0 Å². The number of benzene rings is 1. The molecule has 1 aromatic rings. The maximum atomic E-state index is 13.9. The van der Waals surface area contributed by atoms with E-state index in [1.807, 2.05) is 18.7 Å². The highest BCUT2D eigenvalue weighted by atomic mass is 127. The highest BCUT2D eigenvalue weighted by Crippen LogP contribution is 2.21. The van der Waals surface area contributed by atoms with E-state index in [-0.39, 0.29) is 35.8 Å². The second-order valence-corrected chi connectivity index (χ2v) is 6.49. The molecule has 0 bridgehead atoms. The van der Waals surface area contributed by atoms with Gasteiger partial charge in [-0.3, -0.25) is 9.79 Å². The maximum absolute atomic E-state index is 13.9. The van der Waals surface area contributed by atoms with Crippen LogP contribution in [-0.4, -0.2) is 63.1 Å². The molecule has 0 aromatic heterocycles. The van der Waals surface area contributed by atoms with Gasteiger partial charge < -0.3 is 20.4 Å². The zero-order valence-electron chi connectivity index (χ0n) is 16.0. The van der Waals surface area contributed by atoms with E-state index in [4.69, 9.17) is 0 Å². The molecular weight excluding hydrogens is 467 g/mol. The van der Waals surface area contributed by atoms with E-state index in [2.05, 4.69) is 20.5 Å². The fourth-order valence-electron chi connectivity index (χ4n) is 2.78. The van der Waals surface area contributed by atoms with Crippen molar-refractivity contribution in [3.05, 3.63) is 29.8 Å². The zero-order chi connectivity index (χ0) is 19.1. The Morgan fingerprint density at radius 1 is 1.15 bits per heavy atom. The van der Waals surface area contributed by atoms with Crippen LogP contribution in [0.5, 0.6) is 0 Å². The van der Waals surface area contributed by atoms with Gasteiger partial charge in [0.15, 0.2) is 5.96 Å². The number of piperazine rings is 1. The Bertz CT molecular complexity index is 649. The fourth-order valence-corrected chi connectivity index (χ4v) is 2.78. The van der Waals surface area contributed by atoms with Crippen LogP contribution >= 0.6 is 24.0 Å². The summed E-state index contributed by atoms with van der Waals surface area (Å²) in [6.07, 6.45) is 0. The van der Waals surface area contributed by atoms with Gasteiger partial charge in [0.05, 0.1) is 5.69 Å². The fraction of sp³-hybridized carbons (Fsp3) is 0.556. The van der Waals surface area contributed by atoms with Crippen molar-refractivity contribution in [1.82, 2.24) is 15.5 Å². The van der Waals surface area contributed by atoms with E-state index in [1.54, 1.807) is 7.05 Å². The quantitative estimate of drug-likeness (QED) is 0.284. The monoisotopic (exact) mass is 495 g/mol. The topological polar surface area (TPSA) is 60.0 Å². The molecule has 2 rings (SSSR count). The van der Waals surface area contributed by atoms with Crippen LogP contribution in [0.25, 0.3) is 0 Å². The second kappa shape index (κ2) is 11.3. The SMILES string of the molecule is CN=C(NCCNC(=O)C(C)C)N1CCN(c2cc(F)ccc2F)CC1.I. The van der Waals surface area contributed by atoms with Crippen molar-refractivity contribution in [3.8, 4) is 0 Å². The largest absolute Gasteiger partial charge is 0.366 e. The van der Waals surface area contributed by atoms with Gasteiger partial charge in [0.2, 0.25) is 5.91 Å². The molecule has 1 aliphatic rings. The van der Waals surface area contributed by atoms with Crippen molar-refractivity contribution >= 4 is 41.5 Å². The first kappa shape index (κ1) is 23.4. The lowest BCUT2D eigenvalue weighted by atomic mass is 10.2. The molecule has 1 aliphatic heterocycles. The Morgan fingerprint density at radius 3 is 2.37 bits per heavy atom. The van der Waals surface area contributed by atoms with Crippen LogP contribution in [-0.2, 0) is 4.79 Å². The maximum Gasteiger partial charge on any atom is 0.222 e. The molecule has 0 aliphatic carbocycles. The molecule has 1 amide bonds. The molecule has 152 valence electrons. The first-order chi connectivity index (χ1) is 12.4. The summed E-state index contributed by atoms with van der Waals surface area (Å²) in [6, 6.07) is 3.51. The summed E-state index contributed by atoms with van der Waals surface area (Å²) < 4.78 is 27.3. The lowest BCUT2D eigenvalue weighted by Crippen LogP contribution is -2.53. The van der Waals surface area contributed by atoms with E-state index < -0.39 is 11.6 Å². The summed E-state index contributed by atoms with van der Waals surface area (Å²) in [5.74, 6) is -0.130. The molecule has 0 radical (unpaired) electrons. The number of nitrogens with one attached hydrogen (secondary N) is 2. The molecular formula is C18H28F2IN5O. The standard InChI is InChI=1S/C18H27F2N5O.HI/c1-13(2)17(26)22-6-7-23-18(21-3)25-10-8-24(9-11-25)16-12-14(19)4-5-15(16)20;/h4-5,12-13H,6-11H2,1-3H3,(H,21,23)(H,22,26);1H. The lowest BCUT2D eigenvalue weighted by Gasteiger charge is -2.37. The summed E-state index contributed by atoms with van der Waals surface area (Å²) in [5.41, 5.74) is 0.295. The van der Waals surface area contributed by atoms with E-state index in [9.17, 15) is 13.6 Å². The van der Waals surface area contributed by atoms with Crippen LogP contribution in [0.15, 0.2) is 23.2 Å². The van der Waals surface area contributed by atoms with E-state index in [0.717, 1.165) is 18.1 Å². The second-order valence-electron chi connectivity index (χ2n) is 6.49. The number of hydrogen-bond acceptors (Lipinski definition) is 3. The third-order valence-electron chi connectivity index (χ3n) is 4.27. The van der Waals surface area contributed by atoms with Gasteiger partial charge in [-0.2, -0.15) is 0 Å². The third kappa shape index (κ3) is 6.78. The average molecular weight is 495 g/mol. The Kier molecular flexibility index (Phi) is 9.75. The molecule has 1 fully saturated rings. The highest BCUT2D eigenvalue weighted by Gasteiger charge is 2.22. The van der Waals surface area contributed by atoms with Gasteiger partial charge in [0.1, 0.15) is 11.6 Å². The number of carbonyl (C=O) groups excluding carboxylic acids is 1. The number of halogens is 3. The van der Waals surface area contributed by atoms with Crippen molar-refractivity contribution < 1.29 is 13.6 Å². The number of rotatable bonds is 5. The molecule has 9 heteroatoms. The highest BCUT2D eigenvalue weighted by molar-refractivity contribution is 14.0. The molecule has 27 heavy (non-hydrogen) atoms. The van der Waals surface area contributed by atoms with Crippen LogP contribution in [0.3, 0.4) is 0 Å². The summed E-state index contributed by atoms with van der Waals surface area (Å²) in [4.78, 5) is 19.7. The minimum Gasteiger partial charge on any atom is -0.366 e. The van der Waals surface area contributed by atoms with Crippen LogP contribution in [0, 0.1) is 17.6 Å². The molecule has 1 aromatic carbocycles. The van der Waals surface area contributed by atoms with Crippen molar-refractivity contribution in [2.75, 3.05) is 51.2 Å². The van der Waals surface area contributed by atoms with Gasteiger partial charge in [-0.15, -0.1) is 24.0 Å². The van der Waals surface area contributed by atoms with E-state index >= 15 is 0 Å². The Hall–Kier alpha value is -1.65. The van der Waals surface area contributed by atoms with Crippen LogP contribution in [0.2, 0.25) is 0 Å². The average Bonchev–Trinajstić information content (AvgIpc) is 2.64. The van der Waals surface area contributed by atoms with Gasteiger partial charge in [0.25, 0.3) is 0 Å². The number of carbonyl (C=O) groups is 1. The van der Waals surface area contributed by atoms with Gasteiger partial charge in [0, 0.05) is 58.3 Å². The smallest absolute Gasteiger partial charge is 0.222 e. The zero-order valence-corrected chi connectivity index (χ0v) is 18.3. The molecule has 6 nitrogen and oxygen atoms in total. The van der Waals surface area contributed by atoms with Crippen LogP contribution < -0.4 is 15.5 Å². The number of nitrogens with zero attached hydrogens (tertiary/aromatic N) is 3. The lowest BCUT2D eigenvalue weighted by molar-refractivity contribution is -0.123. The minimum absolute atomic E-state index is 0. The van der Waals surface area contributed by atoms with Gasteiger partial charge in [-0.1, -0.05) is 13.8 Å². The first-order valence-corrected chi connectivity index (χ1v) is 8.85. The molecule has 1 saturated heterocycles. The molecule has 0 unspecified atom stereocenters. The Balaban J connectivity index is 0.00000364. The summed E-state index contributed by atoms with van der Waals surface area (Å²) >= 11 is 0. The molecule has 0 spiro atoms. The van der Waals surface area contributed by atoms with Gasteiger partial charge in [-0.25, -0.2) is 8.78 Å². The summed E-state index contributed by atoms with van der Waals surface area (Å²) in [5, 5.41) is 6.06. The number of anilines is 1. The molecule has 0 atom stereocenters. The Morgan fingerprint density at radius 2 is 1.78 bits per heavy atom. The van der Waals surface area contributed by atoms with Crippen molar-refractivity contribution in [2.45, 2.75) is 13.8 Å². The number of aliphatic imine (C=N–C) groups is 1. The molecule has 2 N–H and O–H groups in total. The van der Waals surface area contributed by atoms with Crippen molar-refractivity contribution in [1.29, 1.82) is 0 Å². The summed E-state index contributed by atoms with van der Waals surface area (Å²) in [6.45, 7) is 7.23. The predicted molar refractivity (Wildman–Crippen MR) is 115 cm³/mol. The van der Waals surface area contributed by atoms with Gasteiger partial charge in [-0.05, 0) is 12.1 Å². The first-order valence-electron chi connectivity index (χ1n) is 8.85. The van der Waals surface area contributed by atoms with Crippen molar-refractivity contribution in [3.63, 3.8) is 0 Å². The van der Waals surface area contributed by atoms with Crippen LogP contribution in [0.4, 0.5) is 14.5 Å². The summed E-state index contributed by atoms with van der Waals surface area (Å²) in [7, 11) is 1.70. The normalized spacial score (nSPS) is 14.8. The number of amides is 1. The van der Waals surface area contributed by atoms with E-state index in [1.165, 1.54) is 6.07 Å².